The average molecular weight is 114 g/mol. The largest absolute Gasteiger partial charge is 0.366 e. The van der Waals surface area contributed by atoms with Gasteiger partial charge in [-0.05, 0) is 19.8 Å². The summed E-state index contributed by atoms with van der Waals surface area (Å²) in [4.78, 5) is 0. The molecule has 0 radical (unpaired) electrons. The van der Waals surface area contributed by atoms with Crippen LogP contribution < -0.4 is 0 Å². The van der Waals surface area contributed by atoms with E-state index in [4.69, 9.17) is 4.74 Å². The lowest BCUT2D eigenvalue weighted by molar-refractivity contribution is 0.304. The highest BCUT2D eigenvalue weighted by molar-refractivity contribution is 4.96. The van der Waals surface area contributed by atoms with Gasteiger partial charge in [-0.1, -0.05) is 13.8 Å². The van der Waals surface area contributed by atoms with Crippen LogP contribution in [0, 0.1) is 5.92 Å². The predicted molar refractivity (Wildman–Crippen MR) is 33.8 cm³/mol. The molecule has 1 aliphatic heterocycles. The normalized spacial score (nSPS) is 33.4. The summed E-state index contributed by atoms with van der Waals surface area (Å²) in [5.74, 6) is 0.685. The second-order valence-corrected chi connectivity index (χ2v) is 3.39. The van der Waals surface area contributed by atoms with Gasteiger partial charge in [-0.15, -0.1) is 0 Å². The van der Waals surface area contributed by atoms with Gasteiger partial charge in [0.1, 0.15) is 0 Å². The molecule has 1 aliphatic rings. The van der Waals surface area contributed by atoms with Crippen LogP contribution in [-0.2, 0) is 4.74 Å². The number of ether oxygens (including phenoxy) is 1. The van der Waals surface area contributed by atoms with E-state index in [1.54, 1.807) is 0 Å². The zero-order chi connectivity index (χ0) is 6.36. The maximum Gasteiger partial charge on any atom is 0.0895 e. The molecule has 0 aliphatic carbocycles. The van der Waals surface area contributed by atoms with E-state index in [9.17, 15) is 0 Å². The van der Waals surface area contributed by atoms with Crippen molar-refractivity contribution in [1.29, 1.82) is 0 Å². The van der Waals surface area contributed by atoms with Crippen LogP contribution in [0.25, 0.3) is 0 Å². The van der Waals surface area contributed by atoms with Gasteiger partial charge in [0.25, 0.3) is 0 Å². The third kappa shape index (κ3) is 0.873. The molecular formula is C7H14O. The fraction of sp³-hybridized carbons (Fsp3) is 1.00. The number of hydrogen-bond acceptors (Lipinski definition) is 1. The van der Waals surface area contributed by atoms with Crippen molar-refractivity contribution >= 4 is 0 Å². The first-order valence-electron chi connectivity index (χ1n) is 3.22. The van der Waals surface area contributed by atoms with E-state index in [2.05, 4.69) is 27.7 Å². The molecule has 0 unspecified atom stereocenters. The number of hydrogen-bond donors (Lipinski definition) is 0. The van der Waals surface area contributed by atoms with E-state index in [1.165, 1.54) is 0 Å². The number of epoxide rings is 1. The Kier molecular flexibility index (Phi) is 1.12. The van der Waals surface area contributed by atoms with Crippen molar-refractivity contribution in [3.63, 3.8) is 0 Å². The second-order valence-electron chi connectivity index (χ2n) is 3.39. The highest BCUT2D eigenvalue weighted by Crippen LogP contribution is 2.39. The Bertz CT molecular complexity index is 94.6. The molecule has 1 fully saturated rings. The molecule has 1 saturated heterocycles. The Morgan fingerprint density at radius 2 is 1.75 bits per heavy atom. The van der Waals surface area contributed by atoms with E-state index in [-0.39, 0.29) is 5.60 Å². The van der Waals surface area contributed by atoms with Crippen molar-refractivity contribution in [3.8, 4) is 0 Å². The van der Waals surface area contributed by atoms with Crippen molar-refractivity contribution in [2.24, 2.45) is 5.92 Å². The van der Waals surface area contributed by atoms with E-state index in [1.807, 2.05) is 0 Å². The van der Waals surface area contributed by atoms with Gasteiger partial charge in [0.05, 0.1) is 11.7 Å². The van der Waals surface area contributed by atoms with Crippen LogP contribution >= 0.6 is 0 Å². The van der Waals surface area contributed by atoms with Crippen molar-refractivity contribution < 1.29 is 4.74 Å². The van der Waals surface area contributed by atoms with Gasteiger partial charge < -0.3 is 4.74 Å². The van der Waals surface area contributed by atoms with E-state index in [0.717, 1.165) is 0 Å². The Hall–Kier alpha value is -0.0400. The molecule has 0 N–H and O–H groups in total. The molecule has 0 aromatic rings. The third-order valence-electron chi connectivity index (χ3n) is 1.66. The fourth-order valence-corrected chi connectivity index (χ4v) is 1.23. The van der Waals surface area contributed by atoms with E-state index >= 15 is 0 Å². The molecule has 0 saturated carbocycles. The Morgan fingerprint density at radius 1 is 1.38 bits per heavy atom. The van der Waals surface area contributed by atoms with Crippen LogP contribution in [0.15, 0.2) is 0 Å². The molecule has 48 valence electrons. The lowest BCUT2D eigenvalue weighted by Crippen LogP contribution is -2.08. The van der Waals surface area contributed by atoms with Gasteiger partial charge in [-0.3, -0.25) is 0 Å². The molecule has 0 aromatic heterocycles. The van der Waals surface area contributed by atoms with Crippen molar-refractivity contribution in [3.05, 3.63) is 0 Å². The lowest BCUT2D eigenvalue weighted by atomic mass is 10.0. The van der Waals surface area contributed by atoms with Crippen LogP contribution in [0.1, 0.15) is 27.7 Å². The average Bonchev–Trinajstić information content (AvgIpc) is 2.13. The monoisotopic (exact) mass is 114 g/mol. The molecule has 1 rings (SSSR count). The first-order chi connectivity index (χ1) is 3.54. The standard InChI is InChI=1S/C7H14O/c1-5(2)6-7(3,4)8-6/h5-6H,1-4H3/t6-/m0/s1. The summed E-state index contributed by atoms with van der Waals surface area (Å²) in [5.41, 5.74) is 0.189. The molecule has 0 amide bonds. The van der Waals surface area contributed by atoms with Crippen molar-refractivity contribution in [2.75, 3.05) is 0 Å². The van der Waals surface area contributed by atoms with Crippen LogP contribution in [-0.4, -0.2) is 11.7 Å². The molecule has 0 spiro atoms. The highest BCUT2D eigenvalue weighted by Gasteiger charge is 2.49. The summed E-state index contributed by atoms with van der Waals surface area (Å²) < 4.78 is 5.37. The first-order valence-corrected chi connectivity index (χ1v) is 3.22. The molecule has 1 nitrogen and oxygen atoms in total. The summed E-state index contributed by atoms with van der Waals surface area (Å²) >= 11 is 0. The zero-order valence-electron chi connectivity index (χ0n) is 6.06. The minimum Gasteiger partial charge on any atom is -0.366 e. The zero-order valence-corrected chi connectivity index (χ0v) is 6.06. The van der Waals surface area contributed by atoms with Gasteiger partial charge in [0, 0.05) is 0 Å². The van der Waals surface area contributed by atoms with Gasteiger partial charge >= 0.3 is 0 Å². The van der Waals surface area contributed by atoms with Crippen LogP contribution in [0.5, 0.6) is 0 Å². The third-order valence-corrected chi connectivity index (χ3v) is 1.66. The Balaban J connectivity index is 2.37. The van der Waals surface area contributed by atoms with Gasteiger partial charge in [0.2, 0.25) is 0 Å². The van der Waals surface area contributed by atoms with E-state index in [0.29, 0.717) is 12.0 Å². The topological polar surface area (TPSA) is 12.5 Å². The molecule has 0 bridgehead atoms. The number of rotatable bonds is 1. The van der Waals surface area contributed by atoms with Gasteiger partial charge in [0.15, 0.2) is 0 Å². The summed E-state index contributed by atoms with van der Waals surface area (Å²) in [6.45, 7) is 8.66. The van der Waals surface area contributed by atoms with Gasteiger partial charge in [-0.2, -0.15) is 0 Å². The molecular weight excluding hydrogens is 100 g/mol. The van der Waals surface area contributed by atoms with Crippen molar-refractivity contribution in [2.45, 2.75) is 39.4 Å². The summed E-state index contributed by atoms with van der Waals surface area (Å²) in [5, 5.41) is 0. The SMILES string of the molecule is CC(C)[C@@H]1OC1(C)C. The smallest absolute Gasteiger partial charge is 0.0895 e. The summed E-state index contributed by atoms with van der Waals surface area (Å²) in [7, 11) is 0. The Labute approximate surface area is 51.0 Å². The molecule has 1 heterocycles. The molecule has 0 aromatic carbocycles. The second kappa shape index (κ2) is 1.47. The first kappa shape index (κ1) is 6.09. The Morgan fingerprint density at radius 3 is 1.75 bits per heavy atom. The maximum atomic E-state index is 5.37. The van der Waals surface area contributed by atoms with Crippen LogP contribution in [0.4, 0.5) is 0 Å². The minimum atomic E-state index is 0.189. The lowest BCUT2D eigenvalue weighted by Gasteiger charge is -1.97. The maximum absolute atomic E-state index is 5.37. The van der Waals surface area contributed by atoms with Crippen molar-refractivity contribution in [1.82, 2.24) is 0 Å². The van der Waals surface area contributed by atoms with E-state index < -0.39 is 0 Å². The van der Waals surface area contributed by atoms with Crippen LogP contribution in [0.3, 0.4) is 0 Å². The molecule has 8 heavy (non-hydrogen) atoms. The summed E-state index contributed by atoms with van der Waals surface area (Å²) in [6.07, 6.45) is 0.516. The van der Waals surface area contributed by atoms with Gasteiger partial charge in [-0.25, -0.2) is 0 Å². The minimum absolute atomic E-state index is 0.189. The summed E-state index contributed by atoms with van der Waals surface area (Å²) in [6, 6.07) is 0. The molecule has 1 atom stereocenters. The van der Waals surface area contributed by atoms with Crippen LogP contribution in [0.2, 0.25) is 0 Å². The molecule has 1 heteroatoms. The predicted octanol–water partition coefficient (Wildman–Crippen LogP) is 1.82. The quantitative estimate of drug-likeness (QED) is 0.474. The highest BCUT2D eigenvalue weighted by atomic mass is 16.6. The fourth-order valence-electron chi connectivity index (χ4n) is 1.23.